The summed E-state index contributed by atoms with van der Waals surface area (Å²) in [7, 11) is 1.43. The quantitative estimate of drug-likeness (QED) is 0.174. The van der Waals surface area contributed by atoms with Gasteiger partial charge in [0, 0.05) is 51.8 Å². The second-order valence-corrected chi connectivity index (χ2v) is 7.33. The standard InChI is InChI=1S/C22H21ClN4.CH5NO/c1-14-2-5-17(6-3-14)26-18-10-15(8-9-25-13-24)22-20(12-18)19-11-16(23)4-7-21(19)27-22;1-2-3/h2-7,10-13,26-27H,8-9H2,1H3,(H2,24,25);2-3H,1H3. The minimum atomic E-state index is 0.649. The lowest BCUT2D eigenvalue weighted by molar-refractivity contribution is 0.194. The van der Waals surface area contributed by atoms with Crippen molar-refractivity contribution in [3.8, 4) is 0 Å². The van der Waals surface area contributed by atoms with Crippen molar-refractivity contribution in [3.05, 3.63) is 70.7 Å². The summed E-state index contributed by atoms with van der Waals surface area (Å²) < 4.78 is 0. The van der Waals surface area contributed by atoms with E-state index in [0.717, 1.165) is 44.6 Å². The van der Waals surface area contributed by atoms with E-state index in [1.165, 1.54) is 24.5 Å². The molecule has 0 saturated heterocycles. The Kier molecular flexibility index (Phi) is 7.30. The SMILES string of the molecule is CNO.Cc1ccc(Nc2cc(CCN=CN)c3[nH]c4ccc(Cl)cc4c3c2)cc1. The fourth-order valence-corrected chi connectivity index (χ4v) is 3.55. The lowest BCUT2D eigenvalue weighted by Crippen LogP contribution is -1.97. The maximum absolute atomic E-state index is 7.32. The molecular formula is C23H26ClN5O. The summed E-state index contributed by atoms with van der Waals surface area (Å²) in [6.07, 6.45) is 2.16. The summed E-state index contributed by atoms with van der Waals surface area (Å²) in [6, 6.07) is 18.6. The van der Waals surface area contributed by atoms with Gasteiger partial charge >= 0.3 is 0 Å². The Labute approximate surface area is 180 Å². The van der Waals surface area contributed by atoms with Gasteiger partial charge in [0.1, 0.15) is 0 Å². The number of rotatable bonds is 5. The minimum Gasteiger partial charge on any atom is -0.390 e. The first-order chi connectivity index (χ1) is 14.5. The van der Waals surface area contributed by atoms with Crippen molar-refractivity contribution in [2.75, 3.05) is 18.9 Å². The van der Waals surface area contributed by atoms with Crippen LogP contribution >= 0.6 is 11.6 Å². The minimum absolute atomic E-state index is 0.649. The molecule has 0 aliphatic carbocycles. The lowest BCUT2D eigenvalue weighted by Gasteiger charge is -2.10. The van der Waals surface area contributed by atoms with Gasteiger partial charge in [-0.15, -0.1) is 0 Å². The first kappa shape index (κ1) is 21.6. The lowest BCUT2D eigenvalue weighted by atomic mass is 10.0. The number of benzene rings is 3. The highest BCUT2D eigenvalue weighted by atomic mass is 35.5. The molecule has 0 spiro atoms. The maximum Gasteiger partial charge on any atom is 0.0797 e. The number of aliphatic imine (C=N–C) groups is 1. The molecule has 1 heterocycles. The van der Waals surface area contributed by atoms with Gasteiger partial charge in [0.2, 0.25) is 0 Å². The Morgan fingerprint density at radius 3 is 2.50 bits per heavy atom. The predicted octanol–water partition coefficient (Wildman–Crippen LogP) is 5.15. The van der Waals surface area contributed by atoms with E-state index in [-0.39, 0.29) is 0 Å². The number of nitrogens with one attached hydrogen (secondary N) is 3. The van der Waals surface area contributed by atoms with E-state index in [1.807, 2.05) is 18.2 Å². The molecule has 156 valence electrons. The molecule has 3 aromatic carbocycles. The number of hydrogen-bond acceptors (Lipinski definition) is 4. The molecule has 30 heavy (non-hydrogen) atoms. The zero-order chi connectivity index (χ0) is 21.5. The van der Waals surface area contributed by atoms with Gasteiger partial charge in [0.15, 0.2) is 0 Å². The van der Waals surface area contributed by atoms with E-state index in [4.69, 9.17) is 22.5 Å². The van der Waals surface area contributed by atoms with Gasteiger partial charge in [0.05, 0.1) is 6.34 Å². The van der Waals surface area contributed by atoms with Crippen LogP contribution in [0, 0.1) is 6.92 Å². The van der Waals surface area contributed by atoms with Crippen LogP contribution < -0.4 is 16.5 Å². The number of fused-ring (bicyclic) bond motifs is 3. The van der Waals surface area contributed by atoms with E-state index in [1.54, 1.807) is 5.48 Å². The summed E-state index contributed by atoms with van der Waals surface area (Å²) in [4.78, 5) is 7.69. The predicted molar refractivity (Wildman–Crippen MR) is 127 cm³/mol. The largest absolute Gasteiger partial charge is 0.390 e. The Morgan fingerprint density at radius 1 is 1.07 bits per heavy atom. The normalized spacial score (nSPS) is 11.1. The molecule has 0 atom stereocenters. The van der Waals surface area contributed by atoms with Crippen molar-refractivity contribution in [1.29, 1.82) is 0 Å². The number of aryl methyl sites for hydroxylation is 1. The molecular weight excluding hydrogens is 398 g/mol. The zero-order valence-electron chi connectivity index (χ0n) is 17.0. The number of aromatic nitrogens is 1. The Balaban J connectivity index is 0.000000806. The number of H-pyrrole nitrogens is 1. The third-order valence-electron chi connectivity index (χ3n) is 4.71. The highest BCUT2D eigenvalue weighted by Crippen LogP contribution is 2.33. The van der Waals surface area contributed by atoms with Crippen LogP contribution in [-0.2, 0) is 6.42 Å². The van der Waals surface area contributed by atoms with Crippen LogP contribution in [0.25, 0.3) is 21.8 Å². The van der Waals surface area contributed by atoms with E-state index in [0.29, 0.717) is 6.54 Å². The second kappa shape index (κ2) is 10.1. The van der Waals surface area contributed by atoms with Gasteiger partial charge in [-0.05, 0) is 61.4 Å². The summed E-state index contributed by atoms with van der Waals surface area (Å²) in [6.45, 7) is 2.73. The number of anilines is 2. The van der Waals surface area contributed by atoms with Crippen molar-refractivity contribution in [1.82, 2.24) is 10.5 Å². The van der Waals surface area contributed by atoms with Gasteiger partial charge in [-0.3, -0.25) is 4.99 Å². The zero-order valence-corrected chi connectivity index (χ0v) is 17.8. The van der Waals surface area contributed by atoms with Crippen LogP contribution in [0.5, 0.6) is 0 Å². The molecule has 0 radical (unpaired) electrons. The fourth-order valence-electron chi connectivity index (χ4n) is 3.38. The van der Waals surface area contributed by atoms with Crippen LogP contribution in [0.2, 0.25) is 5.02 Å². The fraction of sp³-hybridized carbons (Fsp3) is 0.174. The third-order valence-corrected chi connectivity index (χ3v) is 4.94. The van der Waals surface area contributed by atoms with Gasteiger partial charge < -0.3 is 21.2 Å². The van der Waals surface area contributed by atoms with E-state index in [2.05, 4.69) is 58.6 Å². The number of halogens is 1. The molecule has 0 aliphatic rings. The number of aromatic amines is 1. The summed E-state index contributed by atoms with van der Waals surface area (Å²) >= 11 is 6.24. The Morgan fingerprint density at radius 2 is 1.80 bits per heavy atom. The average Bonchev–Trinajstić information content (AvgIpc) is 3.09. The topological polar surface area (TPSA) is 98.5 Å². The highest BCUT2D eigenvalue weighted by molar-refractivity contribution is 6.31. The van der Waals surface area contributed by atoms with Crippen molar-refractivity contribution in [3.63, 3.8) is 0 Å². The number of nitrogens with zero attached hydrogens (tertiary/aromatic N) is 1. The summed E-state index contributed by atoms with van der Waals surface area (Å²) in [5.41, 5.74) is 13.9. The van der Waals surface area contributed by atoms with Crippen LogP contribution in [0.1, 0.15) is 11.1 Å². The van der Waals surface area contributed by atoms with Crippen molar-refractivity contribution < 1.29 is 5.21 Å². The first-order valence-corrected chi connectivity index (χ1v) is 10.0. The first-order valence-electron chi connectivity index (χ1n) is 9.64. The number of nitrogens with two attached hydrogens (primary N) is 1. The third kappa shape index (κ3) is 5.10. The molecule has 4 rings (SSSR count). The number of hydroxylamine groups is 1. The van der Waals surface area contributed by atoms with Crippen LogP contribution in [0.15, 0.2) is 59.6 Å². The molecule has 0 amide bonds. The highest BCUT2D eigenvalue weighted by Gasteiger charge is 2.11. The smallest absolute Gasteiger partial charge is 0.0797 e. The van der Waals surface area contributed by atoms with E-state index < -0.39 is 0 Å². The average molecular weight is 424 g/mol. The molecule has 4 aromatic rings. The number of hydrogen-bond donors (Lipinski definition) is 5. The molecule has 0 unspecified atom stereocenters. The molecule has 0 aliphatic heterocycles. The van der Waals surface area contributed by atoms with Gasteiger partial charge in [0.25, 0.3) is 0 Å². The summed E-state index contributed by atoms with van der Waals surface area (Å²) in [5, 5.41) is 13.8. The molecule has 6 nitrogen and oxygen atoms in total. The molecule has 0 saturated carbocycles. The van der Waals surface area contributed by atoms with E-state index in [9.17, 15) is 0 Å². The molecule has 0 fully saturated rings. The maximum atomic E-state index is 7.32. The van der Waals surface area contributed by atoms with Crippen LogP contribution in [-0.4, -0.2) is 30.1 Å². The van der Waals surface area contributed by atoms with E-state index >= 15 is 0 Å². The van der Waals surface area contributed by atoms with Crippen molar-refractivity contribution in [2.24, 2.45) is 10.7 Å². The van der Waals surface area contributed by atoms with Crippen LogP contribution in [0.4, 0.5) is 11.4 Å². The van der Waals surface area contributed by atoms with Crippen LogP contribution in [0.3, 0.4) is 0 Å². The van der Waals surface area contributed by atoms with Gasteiger partial charge in [-0.25, -0.2) is 5.48 Å². The Bertz CT molecular complexity index is 1150. The molecule has 1 aromatic heterocycles. The summed E-state index contributed by atoms with van der Waals surface area (Å²) in [5.74, 6) is 0. The van der Waals surface area contributed by atoms with Crippen molar-refractivity contribution in [2.45, 2.75) is 13.3 Å². The monoisotopic (exact) mass is 423 g/mol. The van der Waals surface area contributed by atoms with Gasteiger partial charge in [-0.1, -0.05) is 29.3 Å². The second-order valence-electron chi connectivity index (χ2n) is 6.89. The Hall–Kier alpha value is -3.06. The molecule has 7 heteroatoms. The molecule has 6 N–H and O–H groups in total. The van der Waals surface area contributed by atoms with Gasteiger partial charge in [-0.2, -0.15) is 0 Å². The van der Waals surface area contributed by atoms with Crippen molar-refractivity contribution >= 4 is 51.1 Å². The molecule has 0 bridgehead atoms.